The first kappa shape index (κ1) is 12.4. The highest BCUT2D eigenvalue weighted by Gasteiger charge is 2.20. The average molecular weight is 482 g/mol. The molecule has 8 rings (SSSR count). The van der Waals surface area contributed by atoms with Gasteiger partial charge in [-0.15, -0.1) is 0 Å². The Hall–Kier alpha value is -4.88. The van der Waals surface area contributed by atoms with Crippen LogP contribution in [0.15, 0.2) is 138 Å². The molecule has 0 amide bonds. The molecule has 0 aliphatic carbocycles. The van der Waals surface area contributed by atoms with Crippen LogP contribution in [0.25, 0.3) is 76.5 Å². The minimum absolute atomic E-state index is 0.00776. The summed E-state index contributed by atoms with van der Waals surface area (Å²) in [6, 6.07) is 16.1. The van der Waals surface area contributed by atoms with Gasteiger partial charge in [0.2, 0.25) is 0 Å². The molecule has 1 heterocycles. The van der Waals surface area contributed by atoms with Gasteiger partial charge < -0.3 is 4.42 Å². The second-order valence-electron chi connectivity index (χ2n) is 8.88. The number of furan rings is 1. The van der Waals surface area contributed by atoms with E-state index in [4.69, 9.17) is 19.5 Å². The molecule has 0 aliphatic rings. The Labute approximate surface area is 229 Å². The number of benzene rings is 7. The fourth-order valence-corrected chi connectivity index (χ4v) is 5.31. The van der Waals surface area contributed by atoms with Crippen LogP contribution in [0.1, 0.15) is 15.1 Å². The van der Waals surface area contributed by atoms with Crippen LogP contribution in [0, 0.1) is 0 Å². The number of rotatable bonds is 2. The van der Waals surface area contributed by atoms with Crippen LogP contribution in [0.2, 0.25) is 0 Å². The highest BCUT2D eigenvalue weighted by atomic mass is 16.3. The lowest BCUT2D eigenvalue weighted by Gasteiger charge is -2.18. The minimum Gasteiger partial charge on any atom is -0.455 e. The number of hydrogen-bond acceptors (Lipinski definition) is 1. The second kappa shape index (κ2) is 7.81. The van der Waals surface area contributed by atoms with Crippen molar-refractivity contribution < 1.29 is 19.5 Å². The van der Waals surface area contributed by atoms with E-state index in [0.29, 0.717) is 27.1 Å². The first-order valence-corrected chi connectivity index (χ1v) is 11.8. The molecule has 0 spiro atoms. The molecule has 0 saturated carbocycles. The highest BCUT2D eigenvalue weighted by molar-refractivity contribution is 6.24. The van der Waals surface area contributed by atoms with Crippen molar-refractivity contribution in [2.24, 2.45) is 0 Å². The van der Waals surface area contributed by atoms with Gasteiger partial charge in [-0.25, -0.2) is 0 Å². The van der Waals surface area contributed by atoms with Crippen molar-refractivity contribution >= 4 is 54.3 Å². The van der Waals surface area contributed by atoms with E-state index in [1.807, 2.05) is 42.5 Å². The summed E-state index contributed by atoms with van der Waals surface area (Å²) < 4.78 is 101. The third-order valence-corrected chi connectivity index (χ3v) is 6.91. The summed E-state index contributed by atoms with van der Waals surface area (Å²) in [6.45, 7) is 0. The van der Waals surface area contributed by atoms with E-state index in [0.717, 1.165) is 16.3 Å². The van der Waals surface area contributed by atoms with Gasteiger partial charge in [-0.05, 0) is 55.6 Å². The number of para-hydroxylation sites is 2. The third kappa shape index (κ3) is 2.98. The molecule has 0 atom stereocenters. The van der Waals surface area contributed by atoms with E-state index in [2.05, 4.69) is 0 Å². The molecule has 0 N–H and O–H groups in total. The number of hydrogen-bond donors (Lipinski definition) is 0. The monoisotopic (exact) mass is 481 g/mol. The second-order valence-corrected chi connectivity index (χ2v) is 8.88. The predicted molar refractivity (Wildman–Crippen MR) is 157 cm³/mol. The summed E-state index contributed by atoms with van der Waals surface area (Å²) in [6.07, 6.45) is 0. The zero-order chi connectivity index (χ0) is 33.9. The molecule has 7 aromatic carbocycles. The molecule has 0 radical (unpaired) electrons. The van der Waals surface area contributed by atoms with Crippen LogP contribution < -0.4 is 0 Å². The van der Waals surface area contributed by atoms with E-state index < -0.39 is 42.3 Å². The van der Waals surface area contributed by atoms with Gasteiger partial charge in [0.05, 0.1) is 15.1 Å². The van der Waals surface area contributed by atoms with Crippen molar-refractivity contribution in [2.75, 3.05) is 0 Å². The maximum Gasteiger partial charge on any atom is 0.143 e. The summed E-state index contributed by atoms with van der Waals surface area (Å²) >= 11 is 0. The van der Waals surface area contributed by atoms with Gasteiger partial charge in [0.1, 0.15) is 11.2 Å². The normalized spacial score (nSPS) is 15.9. The molecule has 0 fully saturated rings. The molecule has 1 aromatic heterocycles. The molecule has 0 bridgehead atoms. The van der Waals surface area contributed by atoms with Crippen molar-refractivity contribution in [1.82, 2.24) is 0 Å². The summed E-state index contributed by atoms with van der Waals surface area (Å²) in [5.41, 5.74) is 1.36. The van der Waals surface area contributed by atoms with E-state index in [1.165, 1.54) is 12.1 Å². The van der Waals surface area contributed by atoms with Gasteiger partial charge in [0.15, 0.2) is 0 Å². The average Bonchev–Trinajstić information content (AvgIpc) is 3.47. The molecule has 1 nitrogen and oxygen atoms in total. The van der Waals surface area contributed by atoms with Crippen molar-refractivity contribution in [3.63, 3.8) is 0 Å². The van der Waals surface area contributed by atoms with E-state index in [1.54, 1.807) is 12.1 Å². The first-order valence-electron chi connectivity index (χ1n) is 17.3. The topological polar surface area (TPSA) is 13.1 Å². The lowest BCUT2D eigenvalue weighted by Crippen LogP contribution is -1.91. The largest absolute Gasteiger partial charge is 0.455 e. The van der Waals surface area contributed by atoms with Gasteiger partial charge >= 0.3 is 0 Å². The zero-order valence-corrected chi connectivity index (χ0v) is 19.3. The molecule has 8 aromatic rings. The Kier molecular flexibility index (Phi) is 2.61. The Morgan fingerprint density at radius 2 is 1.14 bits per heavy atom. The van der Waals surface area contributed by atoms with E-state index in [-0.39, 0.29) is 57.2 Å². The van der Waals surface area contributed by atoms with E-state index >= 15 is 0 Å². The third-order valence-electron chi connectivity index (χ3n) is 6.91. The van der Waals surface area contributed by atoms with Crippen molar-refractivity contribution in [2.45, 2.75) is 0 Å². The molecule has 172 valence electrons. The Morgan fingerprint density at radius 1 is 0.486 bits per heavy atom. The minimum atomic E-state index is -0.531. The SMILES string of the molecule is [2H]c1cc2c(-c3ccc4ccccc4c3)c3cc([2H])c([2H])cc3c(-c3c([2H])c([2H])c([2H])c4c3oc3c([2H])c([2H])c([2H])c([2H])c34)c2cc1[2H]. The van der Waals surface area contributed by atoms with E-state index in [9.17, 15) is 0 Å². The van der Waals surface area contributed by atoms with Crippen LogP contribution in [0.5, 0.6) is 0 Å². The molecule has 0 unspecified atom stereocenters. The molecule has 37 heavy (non-hydrogen) atoms. The highest BCUT2D eigenvalue weighted by Crippen LogP contribution is 2.46. The van der Waals surface area contributed by atoms with Crippen molar-refractivity contribution in [1.29, 1.82) is 0 Å². The number of fused-ring (bicyclic) bond motifs is 6. The summed E-state index contributed by atoms with van der Waals surface area (Å²) in [5, 5.41) is 3.65. The van der Waals surface area contributed by atoms with Gasteiger partial charge in [-0.2, -0.15) is 0 Å². The van der Waals surface area contributed by atoms with Crippen LogP contribution in [0.4, 0.5) is 0 Å². The van der Waals surface area contributed by atoms with Crippen LogP contribution in [-0.4, -0.2) is 0 Å². The molecule has 0 aliphatic heterocycles. The lowest BCUT2D eigenvalue weighted by molar-refractivity contribution is 0.670. The molecular formula is C36H22O. The Morgan fingerprint density at radius 3 is 1.89 bits per heavy atom. The van der Waals surface area contributed by atoms with Gasteiger partial charge in [-0.1, -0.05) is 121 Å². The maximum atomic E-state index is 9.17. The maximum absolute atomic E-state index is 9.17. The fraction of sp³-hybridized carbons (Fsp3) is 0. The summed E-state index contributed by atoms with van der Waals surface area (Å²) in [4.78, 5) is 0. The predicted octanol–water partition coefficient (Wildman–Crippen LogP) is 10.4. The van der Waals surface area contributed by atoms with Gasteiger partial charge in [0.25, 0.3) is 0 Å². The smallest absolute Gasteiger partial charge is 0.143 e. The summed E-state index contributed by atoms with van der Waals surface area (Å²) in [5.74, 6) is 0. The molecule has 1 heteroatoms. The lowest BCUT2D eigenvalue weighted by atomic mass is 9.85. The van der Waals surface area contributed by atoms with Crippen LogP contribution in [-0.2, 0) is 0 Å². The standard InChI is InChI=1S/C36H22O/c1-2-11-24-22-25(21-20-23(24)10-1)34-27-13-3-5-15-29(27)35(30-16-6-4-14-28(30)34)32-18-9-17-31-26-12-7-8-19-33(26)37-36(31)32/h1-22H/i3D,4D,5D,6D,7D,8D,9D,12D,17D,18D,19D. The van der Waals surface area contributed by atoms with Crippen LogP contribution in [0.3, 0.4) is 0 Å². The molecule has 0 saturated heterocycles. The first-order chi connectivity index (χ1) is 22.9. The van der Waals surface area contributed by atoms with Crippen LogP contribution >= 0.6 is 0 Å². The Bertz CT molecular complexity index is 2680. The van der Waals surface area contributed by atoms with Crippen molar-refractivity contribution in [3.8, 4) is 22.3 Å². The zero-order valence-electron chi connectivity index (χ0n) is 30.3. The van der Waals surface area contributed by atoms with Crippen molar-refractivity contribution in [3.05, 3.63) is 133 Å². The van der Waals surface area contributed by atoms with Gasteiger partial charge in [-0.3, -0.25) is 0 Å². The quantitative estimate of drug-likeness (QED) is 0.224. The summed E-state index contributed by atoms with van der Waals surface area (Å²) in [7, 11) is 0. The van der Waals surface area contributed by atoms with Gasteiger partial charge in [0, 0.05) is 21.9 Å². The molecular weight excluding hydrogens is 448 g/mol. The fourth-order valence-electron chi connectivity index (χ4n) is 5.31. The Balaban J connectivity index is 1.65.